The van der Waals surface area contributed by atoms with Gasteiger partial charge in [-0.25, -0.2) is 9.78 Å². The van der Waals surface area contributed by atoms with Gasteiger partial charge >= 0.3 is 5.97 Å². The van der Waals surface area contributed by atoms with Gasteiger partial charge < -0.3 is 19.6 Å². The van der Waals surface area contributed by atoms with E-state index >= 15 is 0 Å². The van der Waals surface area contributed by atoms with Crippen molar-refractivity contribution in [2.24, 2.45) is 0 Å². The van der Waals surface area contributed by atoms with Gasteiger partial charge in [0, 0.05) is 5.56 Å². The van der Waals surface area contributed by atoms with E-state index in [0.717, 1.165) is 16.8 Å². The zero-order valence-electron chi connectivity index (χ0n) is 17.9. The molecule has 0 atom stereocenters. The lowest BCUT2D eigenvalue weighted by molar-refractivity contribution is 0.0696. The number of carbonyl (C=O) groups is 1. The van der Waals surface area contributed by atoms with Crippen molar-refractivity contribution < 1.29 is 19.4 Å². The van der Waals surface area contributed by atoms with Gasteiger partial charge in [0.15, 0.2) is 11.6 Å². The largest absolute Gasteiger partial charge is 0.507 e. The molecule has 160 valence electrons. The average Bonchev–Trinajstić information content (AvgIpc) is 3.40. The summed E-state index contributed by atoms with van der Waals surface area (Å²) in [7, 11) is 0. The van der Waals surface area contributed by atoms with Crippen LogP contribution in [0.25, 0.3) is 44.7 Å². The van der Waals surface area contributed by atoms with Crippen molar-refractivity contribution >= 4 is 27.8 Å². The minimum Gasteiger partial charge on any atom is -0.507 e. The molecular formula is C26H22N2O4. The normalized spacial score (nSPS) is 12.0. The molecule has 0 bridgehead atoms. The third-order valence-corrected chi connectivity index (χ3v) is 5.67. The summed E-state index contributed by atoms with van der Waals surface area (Å²) in [6.07, 6.45) is 0. The van der Waals surface area contributed by atoms with Crippen molar-refractivity contribution in [3.63, 3.8) is 0 Å². The number of aromatic hydroxyl groups is 1. The quantitative estimate of drug-likeness (QED) is 0.312. The van der Waals surface area contributed by atoms with Gasteiger partial charge in [-0.15, -0.1) is 0 Å². The van der Waals surface area contributed by atoms with Gasteiger partial charge in [0.1, 0.15) is 17.0 Å². The van der Waals surface area contributed by atoms with Crippen molar-refractivity contribution in [1.82, 2.24) is 9.97 Å². The molecule has 0 unspecified atom stereocenters. The Morgan fingerprint density at radius 3 is 2.38 bits per heavy atom. The number of rotatable bonds is 3. The van der Waals surface area contributed by atoms with E-state index in [1.54, 1.807) is 6.07 Å². The van der Waals surface area contributed by atoms with Crippen LogP contribution in [0.15, 0.2) is 65.1 Å². The molecule has 32 heavy (non-hydrogen) atoms. The minimum atomic E-state index is -1.09. The molecule has 0 saturated carbocycles. The topological polar surface area (TPSA) is 99.4 Å². The Labute approximate surface area is 184 Å². The van der Waals surface area contributed by atoms with Crippen LogP contribution in [-0.2, 0) is 5.41 Å². The third kappa shape index (κ3) is 3.30. The van der Waals surface area contributed by atoms with E-state index in [0.29, 0.717) is 27.9 Å². The molecule has 3 N–H and O–H groups in total. The molecule has 0 aliphatic heterocycles. The lowest BCUT2D eigenvalue weighted by Crippen LogP contribution is -2.10. The first-order chi connectivity index (χ1) is 15.2. The Balaban J connectivity index is 1.55. The molecule has 3 aromatic carbocycles. The molecule has 0 radical (unpaired) electrons. The number of aromatic carboxylic acids is 1. The van der Waals surface area contributed by atoms with Gasteiger partial charge in [-0.05, 0) is 46.7 Å². The Bertz CT molecular complexity index is 1480. The summed E-state index contributed by atoms with van der Waals surface area (Å²) in [5, 5.41) is 20.8. The predicted octanol–water partition coefficient (Wildman–Crippen LogP) is 6.34. The Morgan fingerprint density at radius 2 is 1.69 bits per heavy atom. The van der Waals surface area contributed by atoms with Crippen LogP contribution >= 0.6 is 0 Å². The highest BCUT2D eigenvalue weighted by atomic mass is 16.4. The van der Waals surface area contributed by atoms with E-state index in [2.05, 4.69) is 42.9 Å². The molecule has 0 amide bonds. The standard InChI is InChI=1S/C26H22N2O4/c1-26(2,3)17-7-4-14(5-8-17)20-10-11-21(32-20)24-27-18-9-6-15-12-16(25(30)31)13-19(29)22(15)23(18)28-24/h4-13,29H,1-3H3,(H,27,28)(H,30,31). The number of furan rings is 1. The number of nitrogens with one attached hydrogen (secondary N) is 1. The van der Waals surface area contributed by atoms with Crippen LogP contribution < -0.4 is 0 Å². The van der Waals surface area contributed by atoms with Crippen LogP contribution in [0.3, 0.4) is 0 Å². The number of H-pyrrole nitrogens is 1. The van der Waals surface area contributed by atoms with Crippen LogP contribution in [0.2, 0.25) is 0 Å². The molecule has 5 aromatic rings. The molecule has 6 heteroatoms. The lowest BCUT2D eigenvalue weighted by Gasteiger charge is -2.18. The summed E-state index contributed by atoms with van der Waals surface area (Å²) in [6, 6.07) is 18.4. The number of phenols is 1. The average molecular weight is 426 g/mol. The Morgan fingerprint density at radius 1 is 0.969 bits per heavy atom. The highest BCUT2D eigenvalue weighted by Crippen LogP contribution is 2.35. The molecule has 0 aliphatic carbocycles. The summed E-state index contributed by atoms with van der Waals surface area (Å²) in [4.78, 5) is 19.2. The van der Waals surface area contributed by atoms with Crippen molar-refractivity contribution in [1.29, 1.82) is 0 Å². The number of imidazole rings is 1. The Hall–Kier alpha value is -4.06. The molecule has 0 spiro atoms. The number of hydrogen-bond acceptors (Lipinski definition) is 4. The second-order valence-corrected chi connectivity index (χ2v) is 8.94. The highest BCUT2D eigenvalue weighted by molar-refractivity contribution is 6.10. The second-order valence-electron chi connectivity index (χ2n) is 8.94. The number of aromatic nitrogens is 2. The second kappa shape index (κ2) is 6.99. The number of aromatic amines is 1. The van der Waals surface area contributed by atoms with Gasteiger partial charge in [0.25, 0.3) is 0 Å². The summed E-state index contributed by atoms with van der Waals surface area (Å²) in [5.74, 6) is 0.628. The predicted molar refractivity (Wildman–Crippen MR) is 124 cm³/mol. The lowest BCUT2D eigenvalue weighted by atomic mass is 9.86. The van der Waals surface area contributed by atoms with Crippen molar-refractivity contribution in [2.45, 2.75) is 26.2 Å². The van der Waals surface area contributed by atoms with Crippen molar-refractivity contribution in [3.05, 3.63) is 71.8 Å². The maximum absolute atomic E-state index is 11.3. The number of fused-ring (bicyclic) bond motifs is 3. The van der Waals surface area contributed by atoms with Gasteiger partial charge in [-0.1, -0.05) is 51.1 Å². The van der Waals surface area contributed by atoms with E-state index in [1.165, 1.54) is 17.7 Å². The van der Waals surface area contributed by atoms with Crippen LogP contribution in [-0.4, -0.2) is 26.2 Å². The van der Waals surface area contributed by atoms with Gasteiger partial charge in [0.05, 0.1) is 16.5 Å². The summed E-state index contributed by atoms with van der Waals surface area (Å²) in [6.45, 7) is 6.54. The summed E-state index contributed by atoms with van der Waals surface area (Å²) < 4.78 is 6.07. The van der Waals surface area contributed by atoms with Gasteiger partial charge in [-0.2, -0.15) is 0 Å². The fourth-order valence-corrected chi connectivity index (χ4v) is 3.90. The maximum atomic E-state index is 11.3. The van der Waals surface area contributed by atoms with E-state index in [9.17, 15) is 15.0 Å². The van der Waals surface area contributed by atoms with E-state index < -0.39 is 5.97 Å². The zero-order chi connectivity index (χ0) is 22.6. The third-order valence-electron chi connectivity index (χ3n) is 5.67. The number of phenolic OH excluding ortho intramolecular Hbond substituents is 1. The number of nitrogens with zero attached hydrogens (tertiary/aromatic N) is 1. The number of carboxylic acids is 1. The molecule has 0 saturated heterocycles. The monoisotopic (exact) mass is 426 g/mol. The van der Waals surface area contributed by atoms with Gasteiger partial charge in [0.2, 0.25) is 0 Å². The Kier molecular flexibility index (Phi) is 4.34. The van der Waals surface area contributed by atoms with Gasteiger partial charge in [-0.3, -0.25) is 0 Å². The highest BCUT2D eigenvalue weighted by Gasteiger charge is 2.17. The molecule has 5 rings (SSSR count). The number of hydrogen-bond donors (Lipinski definition) is 3. The first-order valence-corrected chi connectivity index (χ1v) is 10.3. The minimum absolute atomic E-state index is 0.0262. The van der Waals surface area contributed by atoms with Crippen molar-refractivity contribution in [2.75, 3.05) is 0 Å². The smallest absolute Gasteiger partial charge is 0.335 e. The summed E-state index contributed by atoms with van der Waals surface area (Å²) >= 11 is 0. The van der Waals surface area contributed by atoms with Crippen LogP contribution in [0.4, 0.5) is 0 Å². The molecule has 0 aliphatic rings. The molecular weight excluding hydrogens is 404 g/mol. The molecule has 2 heterocycles. The zero-order valence-corrected chi connectivity index (χ0v) is 17.9. The molecule has 0 fully saturated rings. The fourth-order valence-electron chi connectivity index (χ4n) is 3.90. The summed E-state index contributed by atoms with van der Waals surface area (Å²) in [5.41, 5.74) is 3.62. The van der Waals surface area contributed by atoms with Crippen LogP contribution in [0.5, 0.6) is 5.75 Å². The first-order valence-electron chi connectivity index (χ1n) is 10.3. The van der Waals surface area contributed by atoms with E-state index in [4.69, 9.17) is 4.42 Å². The first kappa shape index (κ1) is 19.9. The SMILES string of the molecule is CC(C)(C)c1ccc(-c2ccc(-c3nc4c(ccc5cc(C(=O)O)cc(O)c54)[nH]3)o2)cc1. The number of benzene rings is 3. The molecule has 6 nitrogen and oxygen atoms in total. The van der Waals surface area contributed by atoms with E-state index in [-0.39, 0.29) is 16.7 Å². The van der Waals surface area contributed by atoms with Crippen LogP contribution in [0, 0.1) is 0 Å². The maximum Gasteiger partial charge on any atom is 0.335 e. The fraction of sp³-hybridized carbons (Fsp3) is 0.154. The molecule has 2 aromatic heterocycles. The van der Waals surface area contributed by atoms with Crippen molar-refractivity contribution in [3.8, 4) is 28.7 Å². The number of carboxylic acid groups (broad SMARTS) is 1. The van der Waals surface area contributed by atoms with E-state index in [1.807, 2.05) is 30.3 Å². The van der Waals surface area contributed by atoms with Crippen LogP contribution in [0.1, 0.15) is 36.7 Å².